The summed E-state index contributed by atoms with van der Waals surface area (Å²) in [6.45, 7) is 3.28. The number of ether oxygens (including phenoxy) is 2. The molecule has 0 unspecified atom stereocenters. The molecule has 3 saturated heterocycles. The second-order valence-corrected chi connectivity index (χ2v) is 7.13. The monoisotopic (exact) mass is 349 g/mol. The number of piperidine rings is 3. The molecule has 1 amide bonds. The number of rotatable bonds is 5. The molecule has 7 nitrogen and oxygen atoms in total. The van der Waals surface area contributed by atoms with E-state index >= 15 is 0 Å². The van der Waals surface area contributed by atoms with Crippen LogP contribution in [0.15, 0.2) is 22.7 Å². The number of thiophene rings is 1. The molecule has 3 aliphatic rings. The maximum atomic E-state index is 12.5. The molecule has 128 valence electrons. The van der Waals surface area contributed by atoms with Crippen LogP contribution in [-0.2, 0) is 0 Å². The van der Waals surface area contributed by atoms with Gasteiger partial charge in [-0.25, -0.2) is 0 Å². The predicted molar refractivity (Wildman–Crippen MR) is 87.9 cm³/mol. The van der Waals surface area contributed by atoms with Crippen LogP contribution in [0.25, 0.3) is 0 Å². The number of aromatic nitrogens is 1. The van der Waals surface area contributed by atoms with Crippen molar-refractivity contribution in [3.05, 3.63) is 23.2 Å². The molecule has 0 spiro atoms. The van der Waals surface area contributed by atoms with Gasteiger partial charge >= 0.3 is 12.0 Å². The first-order valence-electron chi connectivity index (χ1n) is 8.02. The van der Waals surface area contributed by atoms with Gasteiger partial charge in [-0.1, -0.05) is 11.3 Å². The molecule has 0 saturated carbocycles. The van der Waals surface area contributed by atoms with Gasteiger partial charge in [0.2, 0.25) is 0 Å². The number of oxazole rings is 1. The van der Waals surface area contributed by atoms with Crippen LogP contribution in [0, 0.1) is 5.92 Å². The number of carbonyl (C=O) groups excluding carboxylic acids is 1. The maximum Gasteiger partial charge on any atom is 0.396 e. The van der Waals surface area contributed by atoms with Crippen molar-refractivity contribution < 1.29 is 18.7 Å². The summed E-state index contributed by atoms with van der Waals surface area (Å²) in [5.41, 5.74) is 0. The first-order valence-corrected chi connectivity index (χ1v) is 8.83. The summed E-state index contributed by atoms with van der Waals surface area (Å²) in [5.74, 6) is 0.804. The SMILES string of the molecule is COc1ncc(Oc2ccc(C(=O)N[C@H]3CN4CCC3CC4)s2)o1. The Morgan fingerprint density at radius 3 is 2.92 bits per heavy atom. The molecule has 3 aliphatic heterocycles. The zero-order valence-electron chi connectivity index (χ0n) is 13.4. The molecular formula is C16H19N3O4S. The zero-order chi connectivity index (χ0) is 16.5. The van der Waals surface area contributed by atoms with E-state index in [2.05, 4.69) is 15.2 Å². The number of methoxy groups -OCH3 is 1. The minimum absolute atomic E-state index is 0.0382. The maximum absolute atomic E-state index is 12.5. The Morgan fingerprint density at radius 2 is 2.25 bits per heavy atom. The highest BCUT2D eigenvalue weighted by Crippen LogP contribution is 2.32. The van der Waals surface area contributed by atoms with Crippen LogP contribution in [0.1, 0.15) is 22.5 Å². The summed E-state index contributed by atoms with van der Waals surface area (Å²) in [5, 5.41) is 3.75. The van der Waals surface area contributed by atoms with Crippen LogP contribution in [0.2, 0.25) is 0 Å². The molecule has 24 heavy (non-hydrogen) atoms. The molecule has 2 bridgehead atoms. The Balaban J connectivity index is 1.38. The summed E-state index contributed by atoms with van der Waals surface area (Å²) < 4.78 is 15.6. The normalized spacial score (nSPS) is 25.5. The van der Waals surface area contributed by atoms with Gasteiger partial charge in [0.05, 0.1) is 12.0 Å². The van der Waals surface area contributed by atoms with Crippen LogP contribution >= 0.6 is 11.3 Å². The van der Waals surface area contributed by atoms with Gasteiger partial charge in [0.1, 0.15) is 6.20 Å². The van der Waals surface area contributed by atoms with Gasteiger partial charge in [-0.15, -0.1) is 0 Å². The summed E-state index contributed by atoms with van der Waals surface area (Å²) in [4.78, 5) is 19.4. The Bertz CT molecular complexity index is 720. The van der Waals surface area contributed by atoms with Crippen LogP contribution in [0.5, 0.6) is 17.1 Å². The summed E-state index contributed by atoms with van der Waals surface area (Å²) in [7, 11) is 1.47. The van der Waals surface area contributed by atoms with Crippen molar-refractivity contribution in [1.82, 2.24) is 15.2 Å². The lowest BCUT2D eigenvalue weighted by Crippen LogP contribution is -2.57. The fourth-order valence-corrected chi connectivity index (χ4v) is 4.11. The van der Waals surface area contributed by atoms with Crippen LogP contribution < -0.4 is 14.8 Å². The molecule has 2 aromatic heterocycles. The molecule has 0 radical (unpaired) electrons. The topological polar surface area (TPSA) is 76.8 Å². The van der Waals surface area contributed by atoms with Crippen LogP contribution in [-0.4, -0.2) is 48.6 Å². The minimum atomic E-state index is -0.0382. The van der Waals surface area contributed by atoms with E-state index in [1.807, 2.05) is 0 Å². The largest absolute Gasteiger partial charge is 0.453 e. The van der Waals surface area contributed by atoms with Crippen molar-refractivity contribution in [1.29, 1.82) is 0 Å². The molecule has 1 atom stereocenters. The van der Waals surface area contributed by atoms with Gasteiger partial charge in [-0.05, 0) is 44.0 Å². The van der Waals surface area contributed by atoms with Crippen LogP contribution in [0.3, 0.4) is 0 Å². The molecule has 8 heteroatoms. The van der Waals surface area contributed by atoms with Crippen molar-refractivity contribution in [2.45, 2.75) is 18.9 Å². The predicted octanol–water partition coefficient (Wildman–Crippen LogP) is 2.36. The standard InChI is InChI=1S/C16H19N3O4S/c1-21-16-17-8-13(23-16)22-14-3-2-12(24-14)15(20)18-11-9-19-6-4-10(11)5-7-19/h2-3,8,10-11H,4-7,9H2,1H3,(H,18,20)/t11-/m0/s1. The first kappa shape index (κ1) is 15.5. The Hall–Kier alpha value is -2.06. The first-order chi connectivity index (χ1) is 11.7. The molecule has 1 N–H and O–H groups in total. The highest BCUT2D eigenvalue weighted by atomic mass is 32.1. The average molecular weight is 349 g/mol. The Morgan fingerprint density at radius 1 is 1.42 bits per heavy atom. The third kappa shape index (κ3) is 3.11. The van der Waals surface area contributed by atoms with E-state index in [1.54, 1.807) is 12.1 Å². The van der Waals surface area contributed by atoms with Gasteiger partial charge in [0.15, 0.2) is 5.06 Å². The van der Waals surface area contributed by atoms with Crippen molar-refractivity contribution >= 4 is 17.2 Å². The average Bonchev–Trinajstić information content (AvgIpc) is 3.26. The third-order valence-corrected chi connectivity index (χ3v) is 5.58. The van der Waals surface area contributed by atoms with E-state index in [0.717, 1.165) is 19.6 Å². The molecule has 2 aromatic rings. The number of carbonyl (C=O) groups is 1. The second kappa shape index (κ2) is 6.45. The number of amides is 1. The van der Waals surface area contributed by atoms with Crippen molar-refractivity contribution in [3.63, 3.8) is 0 Å². The molecular weight excluding hydrogens is 330 g/mol. The number of hydrogen-bond acceptors (Lipinski definition) is 7. The highest BCUT2D eigenvalue weighted by molar-refractivity contribution is 7.15. The summed E-state index contributed by atoms with van der Waals surface area (Å²) >= 11 is 1.28. The van der Waals surface area contributed by atoms with Crippen molar-refractivity contribution in [2.75, 3.05) is 26.7 Å². The van der Waals surface area contributed by atoms with Gasteiger partial charge in [0.25, 0.3) is 5.91 Å². The zero-order valence-corrected chi connectivity index (χ0v) is 14.2. The molecule has 0 aliphatic carbocycles. The van der Waals surface area contributed by atoms with E-state index in [-0.39, 0.29) is 24.0 Å². The minimum Gasteiger partial charge on any atom is -0.453 e. The quantitative estimate of drug-likeness (QED) is 0.893. The van der Waals surface area contributed by atoms with E-state index in [4.69, 9.17) is 13.9 Å². The third-order valence-electron chi connectivity index (χ3n) is 4.62. The van der Waals surface area contributed by atoms with E-state index in [0.29, 0.717) is 15.9 Å². The van der Waals surface area contributed by atoms with E-state index in [1.165, 1.54) is 37.5 Å². The van der Waals surface area contributed by atoms with E-state index in [9.17, 15) is 4.79 Å². The lowest BCUT2D eigenvalue weighted by molar-refractivity contribution is 0.0622. The number of nitrogens with zero attached hydrogens (tertiary/aromatic N) is 2. The molecule has 5 heterocycles. The Kier molecular flexibility index (Phi) is 4.15. The Labute approximate surface area is 143 Å². The summed E-state index contributed by atoms with van der Waals surface area (Å²) in [6, 6.07) is 3.78. The fourth-order valence-electron chi connectivity index (χ4n) is 3.35. The number of hydrogen-bond donors (Lipinski definition) is 1. The molecule has 3 fully saturated rings. The lowest BCUT2D eigenvalue weighted by atomic mass is 9.84. The molecule has 5 rings (SSSR count). The van der Waals surface area contributed by atoms with Gasteiger partial charge < -0.3 is 24.1 Å². The fraction of sp³-hybridized carbons (Fsp3) is 0.500. The van der Waals surface area contributed by atoms with Gasteiger partial charge in [-0.2, -0.15) is 4.98 Å². The van der Waals surface area contributed by atoms with Crippen molar-refractivity contribution in [2.24, 2.45) is 5.92 Å². The van der Waals surface area contributed by atoms with Gasteiger partial charge in [0, 0.05) is 12.6 Å². The van der Waals surface area contributed by atoms with Crippen LogP contribution in [0.4, 0.5) is 0 Å². The van der Waals surface area contributed by atoms with E-state index < -0.39 is 0 Å². The lowest BCUT2D eigenvalue weighted by Gasteiger charge is -2.44. The number of fused-ring (bicyclic) bond motifs is 3. The summed E-state index contributed by atoms with van der Waals surface area (Å²) in [6.07, 6.45) is 3.93. The van der Waals surface area contributed by atoms with Gasteiger partial charge in [-0.3, -0.25) is 4.79 Å². The second-order valence-electron chi connectivity index (χ2n) is 6.09. The highest BCUT2D eigenvalue weighted by Gasteiger charge is 2.35. The molecule has 0 aromatic carbocycles. The number of nitrogens with one attached hydrogen (secondary N) is 1. The van der Waals surface area contributed by atoms with Crippen molar-refractivity contribution in [3.8, 4) is 17.1 Å². The smallest absolute Gasteiger partial charge is 0.396 e.